The molecule has 0 N–H and O–H groups in total. The fourth-order valence-electron chi connectivity index (χ4n) is 1.09. The van der Waals surface area contributed by atoms with Crippen molar-refractivity contribution in [3.05, 3.63) is 49.8 Å². The highest BCUT2D eigenvalue weighted by atomic mass is 79.9. The van der Waals surface area contributed by atoms with Gasteiger partial charge >= 0.3 is 0 Å². The van der Waals surface area contributed by atoms with Crippen LogP contribution in [0.1, 0.15) is 16.1 Å². The van der Waals surface area contributed by atoms with Gasteiger partial charge in [0.2, 0.25) is 5.78 Å². The van der Waals surface area contributed by atoms with Gasteiger partial charge in [0.05, 0.1) is 5.02 Å². The molecule has 0 unspecified atom stereocenters. The van der Waals surface area contributed by atoms with E-state index in [0.717, 1.165) is 4.47 Å². The summed E-state index contributed by atoms with van der Waals surface area (Å²) in [5.74, 6) is -0.0974. The Bertz CT molecular complexity index is 494. The van der Waals surface area contributed by atoms with Crippen LogP contribution in [0.5, 0.6) is 0 Å². The number of halogens is 2. The number of ketones is 1. The molecule has 0 saturated carbocycles. The Kier molecular flexibility index (Phi) is 3.19. The smallest absolute Gasteiger partial charge is 0.213 e. The van der Waals surface area contributed by atoms with Crippen molar-refractivity contribution < 1.29 is 4.79 Å². The van der Waals surface area contributed by atoms with Gasteiger partial charge in [-0.1, -0.05) is 11.6 Å². The standard InChI is InChI=1S/C10H5BrClNOS/c11-8-5-15-4-7(8)10(14)9-2-1-6(12)3-13-9/h1-5H. The molecule has 0 atom stereocenters. The second-order valence-electron chi connectivity index (χ2n) is 2.82. The summed E-state index contributed by atoms with van der Waals surface area (Å²) in [7, 11) is 0. The third-order valence-electron chi connectivity index (χ3n) is 1.82. The van der Waals surface area contributed by atoms with E-state index < -0.39 is 0 Å². The zero-order valence-electron chi connectivity index (χ0n) is 7.41. The third kappa shape index (κ3) is 2.27. The summed E-state index contributed by atoms with van der Waals surface area (Å²) in [4.78, 5) is 15.9. The minimum atomic E-state index is -0.0974. The maximum atomic E-state index is 11.9. The molecule has 0 saturated heterocycles. The van der Waals surface area contributed by atoms with Crippen molar-refractivity contribution in [2.75, 3.05) is 0 Å². The van der Waals surface area contributed by atoms with Gasteiger partial charge in [-0.3, -0.25) is 9.78 Å². The molecule has 2 aromatic rings. The first-order valence-corrected chi connectivity index (χ1v) is 6.18. The van der Waals surface area contributed by atoms with Gasteiger partial charge in [0.1, 0.15) is 5.69 Å². The van der Waals surface area contributed by atoms with Crippen molar-refractivity contribution in [1.29, 1.82) is 0 Å². The van der Waals surface area contributed by atoms with Gasteiger partial charge in [-0.05, 0) is 28.1 Å². The van der Waals surface area contributed by atoms with E-state index in [2.05, 4.69) is 20.9 Å². The first kappa shape index (κ1) is 10.8. The Morgan fingerprint density at radius 2 is 2.20 bits per heavy atom. The Balaban J connectivity index is 2.37. The van der Waals surface area contributed by atoms with Crippen molar-refractivity contribution in [2.24, 2.45) is 0 Å². The highest BCUT2D eigenvalue weighted by molar-refractivity contribution is 9.10. The lowest BCUT2D eigenvalue weighted by Gasteiger charge is -1.98. The van der Waals surface area contributed by atoms with Gasteiger partial charge in [-0.2, -0.15) is 11.3 Å². The molecule has 0 radical (unpaired) electrons. The molecule has 0 aliphatic carbocycles. The van der Waals surface area contributed by atoms with Crippen LogP contribution in [0.15, 0.2) is 33.6 Å². The van der Waals surface area contributed by atoms with Gasteiger partial charge in [0.25, 0.3) is 0 Å². The van der Waals surface area contributed by atoms with Crippen LogP contribution < -0.4 is 0 Å². The molecular formula is C10H5BrClNOS. The summed E-state index contributed by atoms with van der Waals surface area (Å²) < 4.78 is 0.800. The van der Waals surface area contributed by atoms with E-state index in [9.17, 15) is 4.79 Å². The summed E-state index contributed by atoms with van der Waals surface area (Å²) in [5, 5.41) is 4.18. The number of rotatable bonds is 2. The lowest BCUT2D eigenvalue weighted by molar-refractivity contribution is 0.103. The molecule has 2 rings (SSSR count). The number of hydrogen-bond donors (Lipinski definition) is 0. The zero-order valence-corrected chi connectivity index (χ0v) is 10.6. The quantitative estimate of drug-likeness (QED) is 0.790. The number of nitrogens with zero attached hydrogens (tertiary/aromatic N) is 1. The summed E-state index contributed by atoms with van der Waals surface area (Å²) in [6, 6.07) is 3.27. The average molecular weight is 303 g/mol. The van der Waals surface area contributed by atoms with E-state index in [1.165, 1.54) is 17.5 Å². The van der Waals surface area contributed by atoms with Gasteiger partial charge < -0.3 is 0 Å². The molecule has 5 heteroatoms. The van der Waals surface area contributed by atoms with Crippen LogP contribution in [-0.4, -0.2) is 10.8 Å². The highest BCUT2D eigenvalue weighted by Gasteiger charge is 2.14. The number of carbonyl (C=O) groups is 1. The molecular weight excluding hydrogens is 298 g/mol. The predicted octanol–water partition coefficient (Wildman–Crippen LogP) is 3.79. The summed E-state index contributed by atoms with van der Waals surface area (Å²) in [6.45, 7) is 0. The molecule has 0 bridgehead atoms. The molecule has 0 fully saturated rings. The maximum absolute atomic E-state index is 11.9. The topological polar surface area (TPSA) is 30.0 Å². The number of thiophene rings is 1. The second kappa shape index (κ2) is 4.43. The molecule has 2 heterocycles. The third-order valence-corrected chi connectivity index (χ3v) is 3.75. The number of aromatic nitrogens is 1. The number of pyridine rings is 1. The van der Waals surface area contributed by atoms with E-state index in [1.54, 1.807) is 17.5 Å². The van der Waals surface area contributed by atoms with Crippen molar-refractivity contribution in [2.45, 2.75) is 0 Å². The monoisotopic (exact) mass is 301 g/mol. The van der Waals surface area contributed by atoms with E-state index in [0.29, 0.717) is 16.3 Å². The highest BCUT2D eigenvalue weighted by Crippen LogP contribution is 2.23. The van der Waals surface area contributed by atoms with E-state index >= 15 is 0 Å². The fourth-order valence-corrected chi connectivity index (χ4v) is 2.66. The molecule has 15 heavy (non-hydrogen) atoms. The van der Waals surface area contributed by atoms with Crippen molar-refractivity contribution in [3.63, 3.8) is 0 Å². The first-order valence-electron chi connectivity index (χ1n) is 4.06. The zero-order chi connectivity index (χ0) is 10.8. The molecule has 0 aliphatic rings. The largest absolute Gasteiger partial charge is 0.287 e. The summed E-state index contributed by atoms with van der Waals surface area (Å²) >= 11 is 10.5. The van der Waals surface area contributed by atoms with Gasteiger partial charge in [-0.15, -0.1) is 0 Å². The second-order valence-corrected chi connectivity index (χ2v) is 4.86. The molecule has 2 nitrogen and oxygen atoms in total. The lowest BCUT2D eigenvalue weighted by Crippen LogP contribution is -2.02. The molecule has 2 aromatic heterocycles. The molecule has 0 spiro atoms. The van der Waals surface area contributed by atoms with E-state index in [4.69, 9.17) is 11.6 Å². The maximum Gasteiger partial charge on any atom is 0.213 e. The molecule has 76 valence electrons. The average Bonchev–Trinajstić information content (AvgIpc) is 2.65. The Labute approximate surface area is 104 Å². The molecule has 0 aliphatic heterocycles. The lowest BCUT2D eigenvalue weighted by atomic mass is 10.1. The SMILES string of the molecule is O=C(c1ccc(Cl)cn1)c1cscc1Br. The Hall–Kier alpha value is -0.710. The summed E-state index contributed by atoms with van der Waals surface area (Å²) in [6.07, 6.45) is 1.47. The van der Waals surface area contributed by atoms with Crippen molar-refractivity contribution in [3.8, 4) is 0 Å². The summed E-state index contributed by atoms with van der Waals surface area (Å²) in [5.41, 5.74) is 1.04. The fraction of sp³-hybridized carbons (Fsp3) is 0. The molecule has 0 aromatic carbocycles. The normalized spacial score (nSPS) is 10.3. The van der Waals surface area contributed by atoms with E-state index in [1.807, 2.05) is 5.38 Å². The minimum Gasteiger partial charge on any atom is -0.287 e. The Morgan fingerprint density at radius 3 is 2.73 bits per heavy atom. The van der Waals surface area contributed by atoms with Gasteiger partial charge in [0, 0.05) is 27.0 Å². The number of carbonyl (C=O) groups excluding carboxylic acids is 1. The van der Waals surface area contributed by atoms with Crippen LogP contribution >= 0.6 is 38.9 Å². The van der Waals surface area contributed by atoms with Gasteiger partial charge in [0.15, 0.2) is 0 Å². The minimum absolute atomic E-state index is 0.0974. The van der Waals surface area contributed by atoms with Crippen molar-refractivity contribution >= 4 is 44.7 Å². The Morgan fingerprint density at radius 1 is 1.40 bits per heavy atom. The van der Waals surface area contributed by atoms with Crippen LogP contribution in [0.2, 0.25) is 5.02 Å². The van der Waals surface area contributed by atoms with Crippen LogP contribution in [0.4, 0.5) is 0 Å². The van der Waals surface area contributed by atoms with Crippen molar-refractivity contribution in [1.82, 2.24) is 4.98 Å². The molecule has 0 amide bonds. The van der Waals surface area contributed by atoms with Crippen LogP contribution in [0.3, 0.4) is 0 Å². The predicted molar refractivity (Wildman–Crippen MR) is 64.7 cm³/mol. The van der Waals surface area contributed by atoms with E-state index in [-0.39, 0.29) is 5.78 Å². The van der Waals surface area contributed by atoms with Crippen LogP contribution in [0, 0.1) is 0 Å². The first-order chi connectivity index (χ1) is 7.18. The number of hydrogen-bond acceptors (Lipinski definition) is 3. The van der Waals surface area contributed by atoms with Crippen LogP contribution in [0.25, 0.3) is 0 Å². The van der Waals surface area contributed by atoms with Crippen LogP contribution in [-0.2, 0) is 0 Å². The van der Waals surface area contributed by atoms with Gasteiger partial charge in [-0.25, -0.2) is 0 Å².